The van der Waals surface area contributed by atoms with Gasteiger partial charge in [0.25, 0.3) is 0 Å². The Labute approximate surface area is 219 Å². The summed E-state index contributed by atoms with van der Waals surface area (Å²) in [5.41, 5.74) is 9.21. The molecular formula is C34H38NO+. The molecule has 3 aromatic carbocycles. The van der Waals surface area contributed by atoms with Crippen LogP contribution in [-0.4, -0.2) is 0 Å². The lowest BCUT2D eigenvalue weighted by Gasteiger charge is -2.23. The minimum Gasteiger partial charge on any atom is -0.455 e. The summed E-state index contributed by atoms with van der Waals surface area (Å²) in [6.45, 7) is 13.4. The van der Waals surface area contributed by atoms with Crippen molar-refractivity contribution in [2.24, 2.45) is 7.05 Å². The Morgan fingerprint density at radius 3 is 2.06 bits per heavy atom. The maximum absolute atomic E-state index is 9.09. The van der Waals surface area contributed by atoms with Gasteiger partial charge in [0.1, 0.15) is 18.2 Å². The molecule has 0 amide bonds. The zero-order valence-corrected chi connectivity index (χ0v) is 22.7. The molecule has 0 saturated heterocycles. The second-order valence-electron chi connectivity index (χ2n) is 10.6. The van der Waals surface area contributed by atoms with Crippen LogP contribution >= 0.6 is 0 Å². The highest BCUT2D eigenvalue weighted by Gasteiger charge is 2.24. The minimum absolute atomic E-state index is 0.821. The molecule has 2 heteroatoms. The van der Waals surface area contributed by atoms with E-state index in [9.17, 15) is 0 Å². The molecule has 184 valence electrons. The summed E-state index contributed by atoms with van der Waals surface area (Å²) in [6.07, 6.45) is 2.05. The monoisotopic (exact) mass is 479 g/mol. The molecule has 0 aliphatic carbocycles. The topological polar surface area (TPSA) is 17.0 Å². The zero-order valence-electron chi connectivity index (χ0n) is 25.7. The van der Waals surface area contributed by atoms with Gasteiger partial charge in [0.2, 0.25) is 5.69 Å². The fraction of sp³-hybridized carbons (Fsp3) is 0.324. The fourth-order valence-electron chi connectivity index (χ4n) is 5.21. The first kappa shape index (κ1) is 20.8. The number of aromatic nitrogens is 1. The van der Waals surface area contributed by atoms with Crippen molar-refractivity contribution in [3.63, 3.8) is 0 Å². The van der Waals surface area contributed by atoms with Crippen LogP contribution in [0.5, 0.6) is 0 Å². The lowest BCUT2D eigenvalue weighted by molar-refractivity contribution is -0.660. The Balaban J connectivity index is 1.86. The minimum atomic E-state index is -0.927. The second kappa shape index (κ2) is 9.24. The summed E-state index contributed by atoms with van der Waals surface area (Å²) in [5, 5.41) is 2.18. The van der Waals surface area contributed by atoms with Crippen LogP contribution in [0.25, 0.3) is 44.3 Å². The first-order valence-corrected chi connectivity index (χ1v) is 12.7. The highest BCUT2D eigenvalue weighted by atomic mass is 16.3. The van der Waals surface area contributed by atoms with Gasteiger partial charge in [0.05, 0.1) is 5.56 Å². The van der Waals surface area contributed by atoms with Gasteiger partial charge in [0.15, 0.2) is 6.20 Å². The molecule has 2 aromatic heterocycles. The summed E-state index contributed by atoms with van der Waals surface area (Å²) in [7, 11) is 2.04. The van der Waals surface area contributed by atoms with Crippen LogP contribution in [-0.2, 0) is 7.05 Å². The van der Waals surface area contributed by atoms with E-state index >= 15 is 0 Å². The molecule has 0 saturated carbocycles. The lowest BCUT2D eigenvalue weighted by atomic mass is 9.81. The van der Waals surface area contributed by atoms with Crippen molar-refractivity contribution >= 4 is 21.9 Å². The maximum Gasteiger partial charge on any atom is 0.216 e. The molecule has 36 heavy (non-hydrogen) atoms. The number of hydrogen-bond acceptors (Lipinski definition) is 1. The molecule has 5 rings (SSSR count). The molecule has 5 aromatic rings. The number of pyridine rings is 1. The molecule has 0 radical (unpaired) electrons. The van der Waals surface area contributed by atoms with Gasteiger partial charge in [-0.3, -0.25) is 0 Å². The molecular weight excluding hydrogens is 438 g/mol. The van der Waals surface area contributed by atoms with Crippen LogP contribution in [0.2, 0.25) is 0 Å². The number of para-hydroxylation sites is 1. The first-order chi connectivity index (χ1) is 18.1. The number of benzene rings is 3. The molecule has 0 spiro atoms. The third-order valence-corrected chi connectivity index (χ3v) is 7.24. The molecule has 2 nitrogen and oxygen atoms in total. The SMILES string of the molecule is [2H]C(C)(C)c1cc(C([2H])(C)C)c(-c2cc[n+](C)c(-c3c(C)ccc4c3oc3ccccc34)c2)c(C([2H])(C)C)c1. The smallest absolute Gasteiger partial charge is 0.216 e. The molecule has 0 aliphatic heterocycles. The van der Waals surface area contributed by atoms with Crippen LogP contribution in [0.1, 0.15) is 85.6 Å². The normalized spacial score (nSPS) is 14.2. The van der Waals surface area contributed by atoms with Crippen LogP contribution in [0.3, 0.4) is 0 Å². The van der Waals surface area contributed by atoms with Crippen LogP contribution < -0.4 is 4.57 Å². The predicted octanol–water partition coefficient (Wildman–Crippen LogP) is 9.42. The van der Waals surface area contributed by atoms with Crippen molar-refractivity contribution in [1.82, 2.24) is 0 Å². The Hall–Kier alpha value is -3.39. The molecule has 0 aliphatic rings. The molecule has 0 bridgehead atoms. The Bertz CT molecular complexity index is 1690. The quantitative estimate of drug-likeness (QED) is 0.229. The molecule has 0 atom stereocenters. The van der Waals surface area contributed by atoms with Gasteiger partial charge >= 0.3 is 0 Å². The van der Waals surface area contributed by atoms with Crippen molar-refractivity contribution in [1.29, 1.82) is 0 Å². The van der Waals surface area contributed by atoms with Crippen molar-refractivity contribution in [2.45, 2.75) is 66.1 Å². The van der Waals surface area contributed by atoms with E-state index in [1.54, 1.807) is 0 Å². The van der Waals surface area contributed by atoms with E-state index in [0.29, 0.717) is 0 Å². The number of fused-ring (bicyclic) bond motifs is 3. The average Bonchev–Trinajstić information content (AvgIpc) is 3.21. The summed E-state index contributed by atoms with van der Waals surface area (Å²) >= 11 is 0. The Morgan fingerprint density at radius 2 is 1.42 bits per heavy atom. The Morgan fingerprint density at radius 1 is 0.750 bits per heavy atom. The lowest BCUT2D eigenvalue weighted by Crippen LogP contribution is -2.30. The van der Waals surface area contributed by atoms with E-state index in [0.717, 1.165) is 66.6 Å². The highest BCUT2D eigenvalue weighted by Crippen LogP contribution is 2.41. The highest BCUT2D eigenvalue weighted by molar-refractivity contribution is 6.09. The average molecular weight is 480 g/mol. The third-order valence-electron chi connectivity index (χ3n) is 7.24. The van der Waals surface area contributed by atoms with Crippen molar-refractivity contribution in [3.8, 4) is 22.4 Å². The van der Waals surface area contributed by atoms with E-state index in [2.05, 4.69) is 48.0 Å². The van der Waals surface area contributed by atoms with E-state index in [-0.39, 0.29) is 0 Å². The summed E-state index contributed by atoms with van der Waals surface area (Å²) in [6, 6.07) is 20.7. The predicted molar refractivity (Wildman–Crippen MR) is 153 cm³/mol. The largest absolute Gasteiger partial charge is 0.455 e. The van der Waals surface area contributed by atoms with Gasteiger partial charge in [-0.25, -0.2) is 4.57 Å². The first-order valence-electron chi connectivity index (χ1n) is 14.2. The van der Waals surface area contributed by atoms with Gasteiger partial charge in [-0.15, -0.1) is 0 Å². The number of furan rings is 1. The van der Waals surface area contributed by atoms with E-state index < -0.39 is 17.7 Å². The zero-order chi connectivity index (χ0) is 28.5. The summed E-state index contributed by atoms with van der Waals surface area (Å²) in [5.74, 6) is -2.70. The van der Waals surface area contributed by atoms with Crippen molar-refractivity contribution in [2.75, 3.05) is 0 Å². The summed E-state index contributed by atoms with van der Waals surface area (Å²) < 4.78 is 35.5. The van der Waals surface area contributed by atoms with Gasteiger partial charge in [-0.2, -0.15) is 0 Å². The standard InChI is InChI=1S/C34H38NO/c1-20(2)25-17-28(21(3)4)33(29(18-25)22(5)6)24-15-16-35(8)30(19-24)32-23(7)13-14-27-26-11-9-10-12-31(26)36-34(27)32/h9-22H,1-8H3/q+1/i20D,21D,22D. The third kappa shape index (κ3) is 4.03. The fourth-order valence-corrected chi connectivity index (χ4v) is 5.21. The molecule has 2 heterocycles. The van der Waals surface area contributed by atoms with Gasteiger partial charge < -0.3 is 4.42 Å². The molecule has 0 unspecified atom stereocenters. The summed E-state index contributed by atoms with van der Waals surface area (Å²) in [4.78, 5) is 0. The van der Waals surface area contributed by atoms with Crippen LogP contribution in [0.4, 0.5) is 0 Å². The number of nitrogens with zero attached hydrogens (tertiary/aromatic N) is 1. The van der Waals surface area contributed by atoms with E-state index in [4.69, 9.17) is 8.53 Å². The van der Waals surface area contributed by atoms with Crippen molar-refractivity contribution < 1.29 is 13.1 Å². The van der Waals surface area contributed by atoms with E-state index in [1.165, 1.54) is 0 Å². The van der Waals surface area contributed by atoms with Crippen LogP contribution in [0.15, 0.2) is 71.3 Å². The molecule has 0 N–H and O–H groups in total. The van der Waals surface area contributed by atoms with Crippen molar-refractivity contribution in [3.05, 3.63) is 89.1 Å². The number of hydrogen-bond donors (Lipinski definition) is 0. The number of rotatable bonds is 5. The maximum atomic E-state index is 9.09. The second-order valence-corrected chi connectivity index (χ2v) is 10.6. The van der Waals surface area contributed by atoms with Gasteiger partial charge in [-0.05, 0) is 64.1 Å². The van der Waals surface area contributed by atoms with Gasteiger partial charge in [-0.1, -0.05) is 84.0 Å². The molecule has 0 fully saturated rings. The Kier molecular flexibility index (Phi) is 5.33. The van der Waals surface area contributed by atoms with Crippen LogP contribution in [0, 0.1) is 6.92 Å². The number of aryl methyl sites for hydroxylation is 2. The van der Waals surface area contributed by atoms with Gasteiger partial charge in [0, 0.05) is 27.0 Å². The van der Waals surface area contributed by atoms with E-state index in [1.807, 2.05) is 78.9 Å².